The second-order valence-electron chi connectivity index (χ2n) is 3.94. The van der Waals surface area contributed by atoms with Gasteiger partial charge >= 0.3 is 0 Å². The number of hydrogen-bond acceptors (Lipinski definition) is 2. The molecule has 0 amide bonds. The maximum Gasteiger partial charge on any atom is 0.0801 e. The summed E-state index contributed by atoms with van der Waals surface area (Å²) in [5.41, 5.74) is 0.116. The molecule has 2 heteroatoms. The van der Waals surface area contributed by atoms with Gasteiger partial charge in [-0.2, -0.15) is 0 Å². The fraction of sp³-hybridized carbons (Fsp3) is 1.00. The molecular formula is C10H21NO. The van der Waals surface area contributed by atoms with E-state index in [2.05, 4.69) is 26.1 Å². The van der Waals surface area contributed by atoms with Crippen molar-refractivity contribution in [1.82, 2.24) is 5.32 Å². The molecule has 0 aliphatic carbocycles. The molecule has 0 radical (unpaired) electrons. The van der Waals surface area contributed by atoms with Crippen molar-refractivity contribution in [2.75, 3.05) is 19.7 Å². The Morgan fingerprint density at radius 1 is 1.42 bits per heavy atom. The summed E-state index contributed by atoms with van der Waals surface area (Å²) in [5, 5.41) is 3.46. The molecular weight excluding hydrogens is 150 g/mol. The third-order valence-corrected chi connectivity index (χ3v) is 2.90. The maximum atomic E-state index is 5.94. The number of nitrogens with one attached hydrogen (secondary N) is 1. The van der Waals surface area contributed by atoms with Crippen molar-refractivity contribution < 1.29 is 4.74 Å². The minimum absolute atomic E-state index is 0.116. The molecule has 0 bridgehead atoms. The molecule has 1 unspecified atom stereocenters. The molecule has 1 saturated heterocycles. The maximum absolute atomic E-state index is 5.94. The van der Waals surface area contributed by atoms with Gasteiger partial charge in [0.05, 0.1) is 12.2 Å². The molecule has 0 saturated carbocycles. The minimum Gasteiger partial charge on any atom is -0.373 e. The highest BCUT2D eigenvalue weighted by Crippen LogP contribution is 2.22. The lowest BCUT2D eigenvalue weighted by molar-refractivity contribution is -0.0476. The lowest BCUT2D eigenvalue weighted by atomic mass is 9.97. The zero-order valence-electron chi connectivity index (χ0n) is 8.52. The van der Waals surface area contributed by atoms with E-state index in [9.17, 15) is 0 Å². The van der Waals surface area contributed by atoms with E-state index in [1.165, 1.54) is 0 Å². The molecule has 1 heterocycles. The van der Waals surface area contributed by atoms with Crippen LogP contribution in [-0.4, -0.2) is 25.3 Å². The van der Waals surface area contributed by atoms with E-state index in [1.54, 1.807) is 0 Å². The molecule has 1 rings (SSSR count). The van der Waals surface area contributed by atoms with Gasteiger partial charge in [0.2, 0.25) is 0 Å². The van der Waals surface area contributed by atoms with Gasteiger partial charge in [-0.25, -0.2) is 0 Å². The third kappa shape index (κ3) is 2.20. The van der Waals surface area contributed by atoms with Crippen LogP contribution in [0.2, 0.25) is 0 Å². The van der Waals surface area contributed by atoms with Crippen LogP contribution in [0.5, 0.6) is 0 Å². The second-order valence-corrected chi connectivity index (χ2v) is 3.94. The largest absolute Gasteiger partial charge is 0.373 e. The SMILES string of the molecule is CCC1(CC)CNCC(C)CO1. The van der Waals surface area contributed by atoms with E-state index in [0.717, 1.165) is 32.5 Å². The van der Waals surface area contributed by atoms with Crippen molar-refractivity contribution in [3.63, 3.8) is 0 Å². The van der Waals surface area contributed by atoms with Crippen molar-refractivity contribution in [2.45, 2.75) is 39.2 Å². The average molecular weight is 171 g/mol. The first-order chi connectivity index (χ1) is 5.72. The quantitative estimate of drug-likeness (QED) is 0.684. The molecule has 0 aromatic heterocycles. The topological polar surface area (TPSA) is 21.3 Å². The van der Waals surface area contributed by atoms with Crippen LogP contribution in [0.1, 0.15) is 33.6 Å². The Kier molecular flexibility index (Phi) is 3.53. The van der Waals surface area contributed by atoms with Gasteiger partial charge in [0.1, 0.15) is 0 Å². The first-order valence-electron chi connectivity index (χ1n) is 5.07. The van der Waals surface area contributed by atoms with Crippen LogP contribution >= 0.6 is 0 Å². The average Bonchev–Trinajstić information content (AvgIpc) is 2.28. The summed E-state index contributed by atoms with van der Waals surface area (Å²) in [6, 6.07) is 0. The molecule has 72 valence electrons. The highest BCUT2D eigenvalue weighted by atomic mass is 16.5. The number of ether oxygens (including phenoxy) is 1. The fourth-order valence-corrected chi connectivity index (χ4v) is 1.68. The van der Waals surface area contributed by atoms with Gasteiger partial charge in [0, 0.05) is 13.1 Å². The van der Waals surface area contributed by atoms with Crippen LogP contribution in [0.15, 0.2) is 0 Å². The van der Waals surface area contributed by atoms with Crippen molar-refractivity contribution >= 4 is 0 Å². The Bertz CT molecular complexity index is 132. The van der Waals surface area contributed by atoms with E-state index in [0.29, 0.717) is 5.92 Å². The van der Waals surface area contributed by atoms with E-state index < -0.39 is 0 Å². The molecule has 1 fully saturated rings. The molecule has 0 aromatic carbocycles. The predicted octanol–water partition coefficient (Wildman–Crippen LogP) is 1.80. The fourth-order valence-electron chi connectivity index (χ4n) is 1.68. The van der Waals surface area contributed by atoms with Crippen LogP contribution in [-0.2, 0) is 4.74 Å². The highest BCUT2D eigenvalue weighted by molar-refractivity contribution is 4.83. The van der Waals surface area contributed by atoms with E-state index >= 15 is 0 Å². The summed E-state index contributed by atoms with van der Waals surface area (Å²) in [7, 11) is 0. The first kappa shape index (κ1) is 10.0. The number of hydrogen-bond donors (Lipinski definition) is 1. The summed E-state index contributed by atoms with van der Waals surface area (Å²) in [4.78, 5) is 0. The summed E-state index contributed by atoms with van der Waals surface area (Å²) in [6.45, 7) is 9.68. The molecule has 1 N–H and O–H groups in total. The lowest BCUT2D eigenvalue weighted by Crippen LogP contribution is -2.40. The summed E-state index contributed by atoms with van der Waals surface area (Å²) >= 11 is 0. The smallest absolute Gasteiger partial charge is 0.0801 e. The summed E-state index contributed by atoms with van der Waals surface area (Å²) < 4.78 is 5.94. The Morgan fingerprint density at radius 2 is 2.08 bits per heavy atom. The van der Waals surface area contributed by atoms with Gasteiger partial charge < -0.3 is 10.1 Å². The Hall–Kier alpha value is -0.0800. The Morgan fingerprint density at radius 3 is 2.67 bits per heavy atom. The minimum atomic E-state index is 0.116. The molecule has 2 nitrogen and oxygen atoms in total. The van der Waals surface area contributed by atoms with Crippen LogP contribution < -0.4 is 5.32 Å². The molecule has 0 spiro atoms. The van der Waals surface area contributed by atoms with Gasteiger partial charge in [0.25, 0.3) is 0 Å². The Balaban J connectivity index is 2.52. The highest BCUT2D eigenvalue weighted by Gasteiger charge is 2.29. The summed E-state index contributed by atoms with van der Waals surface area (Å²) in [5.74, 6) is 0.657. The van der Waals surface area contributed by atoms with Gasteiger partial charge in [-0.1, -0.05) is 20.8 Å². The van der Waals surface area contributed by atoms with Gasteiger partial charge in [-0.3, -0.25) is 0 Å². The molecule has 0 aromatic rings. The molecule has 1 aliphatic rings. The number of rotatable bonds is 2. The van der Waals surface area contributed by atoms with Crippen molar-refractivity contribution in [1.29, 1.82) is 0 Å². The third-order valence-electron chi connectivity index (χ3n) is 2.90. The molecule has 1 atom stereocenters. The zero-order valence-corrected chi connectivity index (χ0v) is 8.52. The summed E-state index contributed by atoms with van der Waals surface area (Å²) in [6.07, 6.45) is 2.23. The first-order valence-corrected chi connectivity index (χ1v) is 5.07. The monoisotopic (exact) mass is 171 g/mol. The van der Waals surface area contributed by atoms with E-state index in [1.807, 2.05) is 0 Å². The van der Waals surface area contributed by atoms with E-state index in [4.69, 9.17) is 4.74 Å². The van der Waals surface area contributed by atoms with Gasteiger partial charge in [-0.15, -0.1) is 0 Å². The molecule has 1 aliphatic heterocycles. The standard InChI is InChI=1S/C10H21NO/c1-4-10(5-2)8-11-6-9(3)7-12-10/h9,11H,4-8H2,1-3H3. The van der Waals surface area contributed by atoms with Crippen LogP contribution in [0.3, 0.4) is 0 Å². The lowest BCUT2D eigenvalue weighted by Gasteiger charge is -2.30. The van der Waals surface area contributed by atoms with Gasteiger partial charge in [0.15, 0.2) is 0 Å². The van der Waals surface area contributed by atoms with Crippen LogP contribution in [0.4, 0.5) is 0 Å². The normalized spacial score (nSPS) is 29.8. The van der Waals surface area contributed by atoms with Crippen molar-refractivity contribution in [3.8, 4) is 0 Å². The van der Waals surface area contributed by atoms with Crippen LogP contribution in [0.25, 0.3) is 0 Å². The van der Waals surface area contributed by atoms with E-state index in [-0.39, 0.29) is 5.60 Å². The van der Waals surface area contributed by atoms with Crippen molar-refractivity contribution in [3.05, 3.63) is 0 Å². The van der Waals surface area contributed by atoms with Crippen LogP contribution in [0, 0.1) is 5.92 Å². The molecule has 12 heavy (non-hydrogen) atoms. The van der Waals surface area contributed by atoms with Gasteiger partial charge in [-0.05, 0) is 18.8 Å². The zero-order chi connectivity index (χ0) is 9.03. The Labute approximate surface area is 75.7 Å². The predicted molar refractivity (Wildman–Crippen MR) is 51.3 cm³/mol. The van der Waals surface area contributed by atoms with Crippen molar-refractivity contribution in [2.24, 2.45) is 5.92 Å². The second kappa shape index (κ2) is 4.24.